The lowest BCUT2D eigenvalue weighted by molar-refractivity contribution is 0.469. The van der Waals surface area contributed by atoms with Crippen molar-refractivity contribution < 1.29 is 5.11 Å². The molecule has 0 amide bonds. The summed E-state index contributed by atoms with van der Waals surface area (Å²) in [7, 11) is 0. The van der Waals surface area contributed by atoms with Crippen LogP contribution in [-0.4, -0.2) is 15.1 Å². The molecule has 0 spiro atoms. The fourth-order valence-electron chi connectivity index (χ4n) is 2.09. The minimum atomic E-state index is 0.198. The molecule has 0 aliphatic rings. The van der Waals surface area contributed by atoms with E-state index in [0.29, 0.717) is 17.1 Å². The zero-order valence-electron chi connectivity index (χ0n) is 11.2. The quantitative estimate of drug-likeness (QED) is 0.681. The predicted molar refractivity (Wildman–Crippen MR) is 84.5 cm³/mol. The topological polar surface area (TPSA) is 60.9 Å². The van der Waals surface area contributed by atoms with Crippen molar-refractivity contribution in [3.8, 4) is 17.0 Å². The molecule has 1 heterocycles. The van der Waals surface area contributed by atoms with Gasteiger partial charge in [0, 0.05) is 22.8 Å². The van der Waals surface area contributed by atoms with Crippen LogP contribution in [0.25, 0.3) is 11.3 Å². The number of halogens is 1. The number of benzene rings is 2. The molecular formula is C16H14ClN3O. The van der Waals surface area contributed by atoms with E-state index in [-0.39, 0.29) is 5.75 Å². The predicted octanol–water partition coefficient (Wildman–Crippen LogP) is 4.05. The Morgan fingerprint density at radius 2 is 1.95 bits per heavy atom. The van der Waals surface area contributed by atoms with Crippen molar-refractivity contribution in [1.82, 2.24) is 9.97 Å². The van der Waals surface area contributed by atoms with Crippen LogP contribution in [-0.2, 0) is 6.54 Å². The summed E-state index contributed by atoms with van der Waals surface area (Å²) in [6.45, 7) is 0.467. The number of nitrogens with one attached hydrogen (secondary N) is 2. The number of aromatic nitrogens is 2. The molecule has 106 valence electrons. The van der Waals surface area contributed by atoms with Crippen LogP contribution in [0.3, 0.4) is 0 Å². The maximum absolute atomic E-state index is 9.80. The summed E-state index contributed by atoms with van der Waals surface area (Å²) >= 11 is 6.08. The summed E-state index contributed by atoms with van der Waals surface area (Å²) in [6.07, 6.45) is 3.44. The maximum Gasteiger partial charge on any atom is 0.122 e. The maximum atomic E-state index is 9.80. The second kappa shape index (κ2) is 5.89. The molecule has 0 unspecified atom stereocenters. The van der Waals surface area contributed by atoms with Gasteiger partial charge < -0.3 is 15.4 Å². The molecule has 3 rings (SSSR count). The molecule has 0 aliphatic heterocycles. The number of anilines is 1. The highest BCUT2D eigenvalue weighted by Crippen LogP contribution is 2.26. The molecule has 5 heteroatoms. The zero-order chi connectivity index (χ0) is 14.7. The molecule has 3 N–H and O–H groups in total. The molecule has 0 atom stereocenters. The van der Waals surface area contributed by atoms with E-state index in [1.807, 2.05) is 24.3 Å². The standard InChI is InChI=1S/C16H14ClN3O/c17-14-2-1-3-16(21)13(14)8-19-12-6-4-11(5-7-12)15-9-18-10-20-15/h1-7,9-10,19,21H,8H2,(H,18,20). The summed E-state index contributed by atoms with van der Waals surface area (Å²) in [4.78, 5) is 7.07. The van der Waals surface area contributed by atoms with E-state index in [2.05, 4.69) is 15.3 Å². The first-order valence-corrected chi connectivity index (χ1v) is 6.91. The van der Waals surface area contributed by atoms with E-state index >= 15 is 0 Å². The average Bonchev–Trinajstić information content (AvgIpc) is 3.02. The highest BCUT2D eigenvalue weighted by molar-refractivity contribution is 6.31. The Balaban J connectivity index is 1.71. The third-order valence-electron chi connectivity index (χ3n) is 3.26. The van der Waals surface area contributed by atoms with Gasteiger partial charge >= 0.3 is 0 Å². The normalized spacial score (nSPS) is 10.5. The highest BCUT2D eigenvalue weighted by Gasteiger charge is 2.06. The van der Waals surface area contributed by atoms with Gasteiger partial charge in [0.05, 0.1) is 18.2 Å². The number of phenolic OH excluding ortho intramolecular Hbond substituents is 1. The van der Waals surface area contributed by atoms with Gasteiger partial charge in [0.1, 0.15) is 5.75 Å². The van der Waals surface area contributed by atoms with Gasteiger partial charge in [-0.2, -0.15) is 0 Å². The lowest BCUT2D eigenvalue weighted by Gasteiger charge is -2.10. The fourth-order valence-corrected chi connectivity index (χ4v) is 2.33. The van der Waals surface area contributed by atoms with Crippen LogP contribution in [0.4, 0.5) is 5.69 Å². The van der Waals surface area contributed by atoms with Gasteiger partial charge in [0.2, 0.25) is 0 Å². The van der Waals surface area contributed by atoms with Crippen molar-refractivity contribution in [2.45, 2.75) is 6.54 Å². The first-order chi connectivity index (χ1) is 10.2. The van der Waals surface area contributed by atoms with Crippen LogP contribution in [0.15, 0.2) is 55.0 Å². The van der Waals surface area contributed by atoms with Crippen LogP contribution in [0.2, 0.25) is 5.02 Å². The number of aromatic hydroxyl groups is 1. The SMILES string of the molecule is Oc1cccc(Cl)c1CNc1ccc(-c2cnc[nH]2)cc1. The first-order valence-electron chi connectivity index (χ1n) is 6.53. The number of hydrogen-bond donors (Lipinski definition) is 3. The molecule has 0 saturated carbocycles. The third-order valence-corrected chi connectivity index (χ3v) is 3.61. The molecule has 0 bridgehead atoms. The number of imidazole rings is 1. The zero-order valence-corrected chi connectivity index (χ0v) is 11.9. The summed E-state index contributed by atoms with van der Waals surface area (Å²) in [5.74, 6) is 0.198. The molecule has 1 aromatic heterocycles. The Bertz CT molecular complexity index is 704. The number of hydrogen-bond acceptors (Lipinski definition) is 3. The van der Waals surface area contributed by atoms with Crippen LogP contribution < -0.4 is 5.32 Å². The minimum Gasteiger partial charge on any atom is -0.508 e. The number of nitrogens with zero attached hydrogens (tertiary/aromatic N) is 1. The van der Waals surface area contributed by atoms with Gasteiger partial charge in [-0.3, -0.25) is 0 Å². The fraction of sp³-hybridized carbons (Fsp3) is 0.0625. The van der Waals surface area contributed by atoms with E-state index in [4.69, 9.17) is 11.6 Å². The van der Waals surface area contributed by atoms with Crippen LogP contribution in [0, 0.1) is 0 Å². The van der Waals surface area contributed by atoms with E-state index < -0.39 is 0 Å². The van der Waals surface area contributed by atoms with Gasteiger partial charge in [0.25, 0.3) is 0 Å². The van der Waals surface area contributed by atoms with Crippen molar-refractivity contribution in [2.24, 2.45) is 0 Å². The smallest absolute Gasteiger partial charge is 0.122 e. The van der Waals surface area contributed by atoms with E-state index in [0.717, 1.165) is 16.9 Å². The Kier molecular flexibility index (Phi) is 3.79. The van der Waals surface area contributed by atoms with Crippen molar-refractivity contribution in [1.29, 1.82) is 0 Å². The summed E-state index contributed by atoms with van der Waals surface area (Å²) in [6, 6.07) is 13.1. The lowest BCUT2D eigenvalue weighted by atomic mass is 10.1. The molecule has 0 saturated heterocycles. The molecular weight excluding hydrogens is 286 g/mol. The first kappa shape index (κ1) is 13.5. The third kappa shape index (κ3) is 3.01. The Morgan fingerprint density at radius 1 is 1.14 bits per heavy atom. The number of H-pyrrole nitrogens is 1. The Hall–Kier alpha value is -2.46. The van der Waals surface area contributed by atoms with Crippen molar-refractivity contribution in [3.05, 3.63) is 65.6 Å². The molecule has 0 aliphatic carbocycles. The molecule has 21 heavy (non-hydrogen) atoms. The molecule has 0 fully saturated rings. The molecule has 2 aromatic carbocycles. The second-order valence-corrected chi connectivity index (χ2v) is 5.04. The van der Waals surface area contributed by atoms with Crippen molar-refractivity contribution in [3.63, 3.8) is 0 Å². The Morgan fingerprint density at radius 3 is 2.62 bits per heavy atom. The van der Waals surface area contributed by atoms with E-state index in [1.54, 1.807) is 30.7 Å². The van der Waals surface area contributed by atoms with Gasteiger partial charge in [-0.1, -0.05) is 29.8 Å². The van der Waals surface area contributed by atoms with Gasteiger partial charge in [-0.15, -0.1) is 0 Å². The van der Waals surface area contributed by atoms with E-state index in [9.17, 15) is 5.11 Å². The largest absolute Gasteiger partial charge is 0.508 e. The van der Waals surface area contributed by atoms with Crippen LogP contribution in [0.5, 0.6) is 5.75 Å². The second-order valence-electron chi connectivity index (χ2n) is 4.63. The van der Waals surface area contributed by atoms with Crippen LogP contribution >= 0.6 is 11.6 Å². The summed E-state index contributed by atoms with van der Waals surface area (Å²) in [5, 5.41) is 13.6. The van der Waals surface area contributed by atoms with Crippen molar-refractivity contribution >= 4 is 17.3 Å². The number of phenols is 1. The number of aromatic amines is 1. The van der Waals surface area contributed by atoms with Crippen LogP contribution in [0.1, 0.15) is 5.56 Å². The average molecular weight is 300 g/mol. The summed E-state index contributed by atoms with van der Waals surface area (Å²) in [5.41, 5.74) is 3.69. The minimum absolute atomic E-state index is 0.198. The van der Waals surface area contributed by atoms with Crippen molar-refractivity contribution in [2.75, 3.05) is 5.32 Å². The number of rotatable bonds is 4. The molecule has 4 nitrogen and oxygen atoms in total. The van der Waals surface area contributed by atoms with Gasteiger partial charge in [-0.25, -0.2) is 4.98 Å². The highest BCUT2D eigenvalue weighted by atomic mass is 35.5. The summed E-state index contributed by atoms with van der Waals surface area (Å²) < 4.78 is 0. The molecule has 3 aromatic rings. The lowest BCUT2D eigenvalue weighted by Crippen LogP contribution is -2.00. The monoisotopic (exact) mass is 299 g/mol. The van der Waals surface area contributed by atoms with Gasteiger partial charge in [0.15, 0.2) is 0 Å². The van der Waals surface area contributed by atoms with Gasteiger partial charge in [-0.05, 0) is 29.8 Å². The molecule has 0 radical (unpaired) electrons. The van der Waals surface area contributed by atoms with E-state index in [1.165, 1.54) is 0 Å². The Labute approximate surface area is 127 Å².